The number of rotatable bonds is 7. The van der Waals surface area contributed by atoms with Gasteiger partial charge in [-0.05, 0) is 37.6 Å². The van der Waals surface area contributed by atoms with Gasteiger partial charge in [0.15, 0.2) is 0 Å². The SMILES string of the molecule is C=C(C)OCOc1ccc(NC(=O)C(C)(C)CC)cc1. The first kappa shape index (κ1) is 16.1. The molecule has 0 heterocycles. The molecule has 0 fully saturated rings. The number of hydrogen-bond donors (Lipinski definition) is 1. The summed E-state index contributed by atoms with van der Waals surface area (Å²) in [7, 11) is 0. The van der Waals surface area contributed by atoms with Crippen LogP contribution in [0.1, 0.15) is 34.1 Å². The van der Waals surface area contributed by atoms with Crippen LogP contribution in [0.3, 0.4) is 0 Å². The number of allylic oxidation sites excluding steroid dienone is 1. The van der Waals surface area contributed by atoms with Crippen molar-refractivity contribution in [3.63, 3.8) is 0 Å². The minimum absolute atomic E-state index is 0.0132. The summed E-state index contributed by atoms with van der Waals surface area (Å²) in [5, 5.41) is 2.89. The lowest BCUT2D eigenvalue weighted by Gasteiger charge is -2.21. The second-order valence-electron chi connectivity index (χ2n) is 5.32. The maximum Gasteiger partial charge on any atom is 0.230 e. The minimum atomic E-state index is -0.371. The van der Waals surface area contributed by atoms with Crippen molar-refractivity contribution in [1.29, 1.82) is 0 Å². The van der Waals surface area contributed by atoms with Gasteiger partial charge in [-0.15, -0.1) is 0 Å². The van der Waals surface area contributed by atoms with Crippen molar-refractivity contribution in [2.45, 2.75) is 34.1 Å². The van der Waals surface area contributed by atoms with Crippen molar-refractivity contribution in [2.75, 3.05) is 12.1 Å². The Morgan fingerprint density at radius 1 is 1.30 bits per heavy atom. The van der Waals surface area contributed by atoms with Crippen LogP contribution in [0, 0.1) is 5.41 Å². The highest BCUT2D eigenvalue weighted by molar-refractivity contribution is 5.94. The highest BCUT2D eigenvalue weighted by Gasteiger charge is 2.25. The van der Waals surface area contributed by atoms with Gasteiger partial charge >= 0.3 is 0 Å². The Morgan fingerprint density at radius 2 is 1.90 bits per heavy atom. The van der Waals surface area contributed by atoms with Gasteiger partial charge in [0.05, 0.1) is 5.76 Å². The molecule has 1 aromatic carbocycles. The number of benzene rings is 1. The molecule has 0 aromatic heterocycles. The monoisotopic (exact) mass is 277 g/mol. The highest BCUT2D eigenvalue weighted by atomic mass is 16.7. The number of carbonyl (C=O) groups excluding carboxylic acids is 1. The molecule has 0 radical (unpaired) electrons. The Labute approximate surface area is 120 Å². The highest BCUT2D eigenvalue weighted by Crippen LogP contribution is 2.23. The third-order valence-corrected chi connectivity index (χ3v) is 3.14. The first-order valence-electron chi connectivity index (χ1n) is 6.68. The van der Waals surface area contributed by atoms with Crippen molar-refractivity contribution in [3.05, 3.63) is 36.6 Å². The lowest BCUT2D eigenvalue weighted by molar-refractivity contribution is -0.124. The molecule has 0 bridgehead atoms. The van der Waals surface area contributed by atoms with Crippen LogP contribution in [-0.4, -0.2) is 12.7 Å². The van der Waals surface area contributed by atoms with Crippen LogP contribution in [0.4, 0.5) is 5.69 Å². The van der Waals surface area contributed by atoms with E-state index in [1.54, 1.807) is 31.2 Å². The molecule has 0 unspecified atom stereocenters. The fourth-order valence-corrected chi connectivity index (χ4v) is 1.29. The van der Waals surface area contributed by atoms with Crippen molar-refractivity contribution in [1.82, 2.24) is 0 Å². The third kappa shape index (κ3) is 4.96. The zero-order chi connectivity index (χ0) is 15.2. The lowest BCUT2D eigenvalue weighted by atomic mass is 9.89. The third-order valence-electron chi connectivity index (χ3n) is 3.14. The van der Waals surface area contributed by atoms with Gasteiger partial charge in [-0.25, -0.2) is 0 Å². The Kier molecular flexibility index (Phi) is 5.62. The zero-order valence-electron chi connectivity index (χ0n) is 12.7. The van der Waals surface area contributed by atoms with Crippen LogP contribution in [0.15, 0.2) is 36.6 Å². The van der Waals surface area contributed by atoms with Crippen molar-refractivity contribution in [2.24, 2.45) is 5.41 Å². The predicted molar refractivity (Wildman–Crippen MR) is 80.5 cm³/mol. The van der Waals surface area contributed by atoms with Gasteiger partial charge in [-0.2, -0.15) is 0 Å². The van der Waals surface area contributed by atoms with Gasteiger partial charge in [0, 0.05) is 11.1 Å². The van der Waals surface area contributed by atoms with Gasteiger partial charge in [-0.1, -0.05) is 27.4 Å². The Balaban J connectivity index is 2.54. The Morgan fingerprint density at radius 3 is 2.40 bits per heavy atom. The maximum atomic E-state index is 12.0. The number of amides is 1. The van der Waals surface area contributed by atoms with Gasteiger partial charge < -0.3 is 14.8 Å². The molecular formula is C16H23NO3. The van der Waals surface area contributed by atoms with E-state index in [4.69, 9.17) is 9.47 Å². The summed E-state index contributed by atoms with van der Waals surface area (Å²) in [5.74, 6) is 1.30. The molecule has 1 rings (SSSR count). The number of hydrogen-bond acceptors (Lipinski definition) is 3. The molecule has 0 aliphatic carbocycles. The minimum Gasteiger partial charge on any atom is -0.463 e. The van der Waals surface area contributed by atoms with Crippen LogP contribution in [-0.2, 0) is 9.53 Å². The summed E-state index contributed by atoms with van der Waals surface area (Å²) in [6.45, 7) is 11.4. The molecule has 1 amide bonds. The van der Waals surface area contributed by atoms with E-state index in [1.807, 2.05) is 20.8 Å². The van der Waals surface area contributed by atoms with E-state index in [1.165, 1.54) is 0 Å². The molecular weight excluding hydrogens is 254 g/mol. The van der Waals surface area contributed by atoms with Gasteiger partial charge in [-0.3, -0.25) is 4.79 Å². The molecule has 4 nitrogen and oxygen atoms in total. The Hall–Kier alpha value is -1.97. The predicted octanol–water partition coefficient (Wildman–Crippen LogP) is 3.95. The van der Waals surface area contributed by atoms with E-state index < -0.39 is 0 Å². The van der Waals surface area contributed by atoms with Gasteiger partial charge in [0.25, 0.3) is 0 Å². The smallest absolute Gasteiger partial charge is 0.230 e. The summed E-state index contributed by atoms with van der Waals surface area (Å²) < 4.78 is 10.5. The number of anilines is 1. The second kappa shape index (κ2) is 6.98. The fraction of sp³-hybridized carbons (Fsp3) is 0.438. The van der Waals surface area contributed by atoms with Crippen molar-refractivity contribution >= 4 is 11.6 Å². The average molecular weight is 277 g/mol. The average Bonchev–Trinajstić information content (AvgIpc) is 2.40. The van der Waals surface area contributed by atoms with E-state index in [2.05, 4.69) is 11.9 Å². The molecule has 0 saturated heterocycles. The molecule has 110 valence electrons. The molecule has 0 aliphatic heterocycles. The lowest BCUT2D eigenvalue weighted by Crippen LogP contribution is -2.29. The van der Waals surface area contributed by atoms with Gasteiger partial charge in [0.1, 0.15) is 5.75 Å². The Bertz CT molecular complexity index is 463. The standard InChI is InChI=1S/C16H23NO3/c1-6-16(4,5)15(18)17-13-7-9-14(10-8-13)20-11-19-12(2)3/h7-10H,2,6,11H2,1,3-5H3,(H,17,18). The zero-order valence-corrected chi connectivity index (χ0v) is 12.7. The summed E-state index contributed by atoms with van der Waals surface area (Å²) in [5.41, 5.74) is 0.384. The summed E-state index contributed by atoms with van der Waals surface area (Å²) in [4.78, 5) is 12.0. The van der Waals surface area contributed by atoms with Crippen LogP contribution in [0.5, 0.6) is 5.75 Å². The summed E-state index contributed by atoms with van der Waals surface area (Å²) in [6, 6.07) is 7.19. The molecule has 0 aliphatic rings. The molecule has 20 heavy (non-hydrogen) atoms. The first-order chi connectivity index (χ1) is 9.35. The van der Waals surface area contributed by atoms with Crippen molar-refractivity contribution < 1.29 is 14.3 Å². The van der Waals surface area contributed by atoms with E-state index in [9.17, 15) is 4.79 Å². The van der Waals surface area contributed by atoms with Crippen LogP contribution >= 0.6 is 0 Å². The maximum absolute atomic E-state index is 12.0. The van der Waals surface area contributed by atoms with Crippen LogP contribution < -0.4 is 10.1 Å². The van der Waals surface area contributed by atoms with E-state index in [0.29, 0.717) is 11.5 Å². The largest absolute Gasteiger partial charge is 0.463 e. The molecule has 4 heteroatoms. The molecule has 1 N–H and O–H groups in total. The summed E-state index contributed by atoms with van der Waals surface area (Å²) >= 11 is 0. The number of carbonyl (C=O) groups is 1. The van der Waals surface area contributed by atoms with E-state index in [-0.39, 0.29) is 18.1 Å². The first-order valence-corrected chi connectivity index (χ1v) is 6.68. The van der Waals surface area contributed by atoms with Crippen LogP contribution in [0.25, 0.3) is 0 Å². The topological polar surface area (TPSA) is 47.6 Å². The number of nitrogens with one attached hydrogen (secondary N) is 1. The van der Waals surface area contributed by atoms with E-state index in [0.717, 1.165) is 12.1 Å². The second-order valence-corrected chi connectivity index (χ2v) is 5.32. The van der Waals surface area contributed by atoms with Crippen molar-refractivity contribution in [3.8, 4) is 5.75 Å². The molecule has 0 spiro atoms. The fourth-order valence-electron chi connectivity index (χ4n) is 1.29. The quantitative estimate of drug-likeness (QED) is 0.606. The van der Waals surface area contributed by atoms with Crippen LogP contribution in [0.2, 0.25) is 0 Å². The number of ether oxygens (including phenoxy) is 2. The van der Waals surface area contributed by atoms with E-state index >= 15 is 0 Å². The molecule has 0 atom stereocenters. The van der Waals surface area contributed by atoms with Gasteiger partial charge in [0.2, 0.25) is 12.7 Å². The summed E-state index contributed by atoms with van der Waals surface area (Å²) in [6.07, 6.45) is 0.790. The molecule has 1 aromatic rings. The molecule has 0 saturated carbocycles. The normalized spacial score (nSPS) is 10.8.